The molecule has 0 bridgehead atoms. The van der Waals surface area contributed by atoms with Crippen molar-refractivity contribution >= 4 is 34.2 Å². The Morgan fingerprint density at radius 3 is 2.60 bits per heavy atom. The first-order valence-corrected chi connectivity index (χ1v) is 6.84. The van der Waals surface area contributed by atoms with Crippen molar-refractivity contribution in [3.05, 3.63) is 32.4 Å². The fraction of sp³-hybridized carbons (Fsp3) is 0.500. The molecular formula is C12H15ClIN. The first-order chi connectivity index (χ1) is 7.18. The molecule has 0 saturated heterocycles. The second-order valence-corrected chi connectivity index (χ2v) is 5.81. The first kappa shape index (κ1) is 11.7. The normalized spacial score (nSPS) is 19.4. The molecule has 1 aromatic rings. The molecule has 2 rings (SSSR count). The van der Waals surface area contributed by atoms with E-state index in [1.807, 2.05) is 12.1 Å². The Morgan fingerprint density at radius 1 is 1.33 bits per heavy atom. The summed E-state index contributed by atoms with van der Waals surface area (Å²) < 4.78 is 1.09. The zero-order chi connectivity index (χ0) is 10.8. The van der Waals surface area contributed by atoms with E-state index in [0.29, 0.717) is 5.92 Å². The molecule has 15 heavy (non-hydrogen) atoms. The molecule has 0 aliphatic heterocycles. The van der Waals surface area contributed by atoms with Gasteiger partial charge in [-0.3, -0.25) is 0 Å². The topological polar surface area (TPSA) is 26.0 Å². The lowest BCUT2D eigenvalue weighted by Crippen LogP contribution is -2.19. The number of halogens is 2. The van der Waals surface area contributed by atoms with Gasteiger partial charge in [0.25, 0.3) is 0 Å². The molecule has 0 aromatic heterocycles. The Balaban J connectivity index is 2.17. The lowest BCUT2D eigenvalue weighted by atomic mass is 9.93. The molecule has 0 spiro atoms. The van der Waals surface area contributed by atoms with E-state index in [4.69, 9.17) is 17.3 Å². The maximum atomic E-state index is 6.26. The molecule has 1 fully saturated rings. The molecule has 3 heteroatoms. The summed E-state index contributed by atoms with van der Waals surface area (Å²) in [6.07, 6.45) is 5.20. The van der Waals surface area contributed by atoms with Gasteiger partial charge in [-0.25, -0.2) is 0 Å². The predicted octanol–water partition coefficient (Wildman–Crippen LogP) is 4.13. The Hall–Kier alpha value is 0.200. The van der Waals surface area contributed by atoms with Crippen molar-refractivity contribution in [3.8, 4) is 0 Å². The summed E-state index contributed by atoms with van der Waals surface area (Å²) in [7, 11) is 0. The largest absolute Gasteiger partial charge is 0.324 e. The van der Waals surface area contributed by atoms with Gasteiger partial charge < -0.3 is 5.73 Å². The van der Waals surface area contributed by atoms with E-state index in [0.717, 1.165) is 8.59 Å². The van der Waals surface area contributed by atoms with Gasteiger partial charge in [-0.15, -0.1) is 0 Å². The Kier molecular flexibility index (Phi) is 3.91. The van der Waals surface area contributed by atoms with Gasteiger partial charge in [0.15, 0.2) is 0 Å². The van der Waals surface area contributed by atoms with Crippen LogP contribution in [0, 0.1) is 9.49 Å². The molecule has 1 saturated carbocycles. The quantitative estimate of drug-likeness (QED) is 0.808. The van der Waals surface area contributed by atoms with Crippen LogP contribution in [0.5, 0.6) is 0 Å². The van der Waals surface area contributed by atoms with Gasteiger partial charge in [0.05, 0.1) is 5.02 Å². The molecule has 2 N–H and O–H groups in total. The van der Waals surface area contributed by atoms with Gasteiger partial charge in [0.2, 0.25) is 0 Å². The third kappa shape index (κ3) is 2.66. The Morgan fingerprint density at radius 2 is 2.00 bits per heavy atom. The van der Waals surface area contributed by atoms with Crippen LogP contribution in [0.2, 0.25) is 5.02 Å². The summed E-state index contributed by atoms with van der Waals surface area (Å²) >= 11 is 8.34. The zero-order valence-corrected chi connectivity index (χ0v) is 11.5. The van der Waals surface area contributed by atoms with Crippen LogP contribution in [0.1, 0.15) is 37.3 Å². The maximum absolute atomic E-state index is 6.26. The molecule has 0 amide bonds. The van der Waals surface area contributed by atoms with Crippen molar-refractivity contribution in [2.24, 2.45) is 11.7 Å². The smallest absolute Gasteiger partial charge is 0.0542 e. The highest BCUT2D eigenvalue weighted by molar-refractivity contribution is 14.1. The molecule has 1 nitrogen and oxygen atoms in total. The first-order valence-electron chi connectivity index (χ1n) is 5.39. The van der Waals surface area contributed by atoms with E-state index in [2.05, 4.69) is 28.7 Å². The zero-order valence-electron chi connectivity index (χ0n) is 8.55. The van der Waals surface area contributed by atoms with Crippen LogP contribution in [0.25, 0.3) is 0 Å². The molecule has 1 unspecified atom stereocenters. The van der Waals surface area contributed by atoms with Crippen LogP contribution in [-0.4, -0.2) is 0 Å². The van der Waals surface area contributed by atoms with Crippen LogP contribution in [0.15, 0.2) is 18.2 Å². The molecule has 1 atom stereocenters. The lowest BCUT2D eigenvalue weighted by molar-refractivity contribution is 0.445. The van der Waals surface area contributed by atoms with Crippen molar-refractivity contribution in [1.82, 2.24) is 0 Å². The molecule has 82 valence electrons. The number of hydrogen-bond acceptors (Lipinski definition) is 1. The van der Waals surface area contributed by atoms with Crippen LogP contribution >= 0.6 is 34.2 Å². The summed E-state index contributed by atoms with van der Waals surface area (Å²) in [5, 5.41) is 0.821. The second kappa shape index (κ2) is 5.02. The summed E-state index contributed by atoms with van der Waals surface area (Å²) in [6.45, 7) is 0. The summed E-state index contributed by atoms with van der Waals surface area (Å²) in [5.41, 5.74) is 7.45. The average molecular weight is 336 g/mol. The van der Waals surface area contributed by atoms with Crippen LogP contribution in [-0.2, 0) is 0 Å². The third-order valence-electron chi connectivity index (χ3n) is 3.24. The molecule has 0 radical (unpaired) electrons. The number of benzene rings is 1. The SMILES string of the molecule is NC(c1ccc(I)c(Cl)c1)C1CCCC1. The number of rotatable bonds is 2. The fourth-order valence-electron chi connectivity index (χ4n) is 2.31. The molecule has 1 aliphatic rings. The van der Waals surface area contributed by atoms with Crippen molar-refractivity contribution in [2.45, 2.75) is 31.7 Å². The summed E-state index contributed by atoms with van der Waals surface area (Å²) in [6, 6.07) is 6.35. The van der Waals surface area contributed by atoms with Gasteiger partial charge in [-0.2, -0.15) is 0 Å². The fourth-order valence-corrected chi connectivity index (χ4v) is 2.83. The van der Waals surface area contributed by atoms with Gasteiger partial charge in [0.1, 0.15) is 0 Å². The van der Waals surface area contributed by atoms with Crippen molar-refractivity contribution in [1.29, 1.82) is 0 Å². The highest BCUT2D eigenvalue weighted by Gasteiger charge is 2.23. The number of nitrogens with two attached hydrogens (primary N) is 1. The maximum Gasteiger partial charge on any atom is 0.0542 e. The third-order valence-corrected chi connectivity index (χ3v) is 4.81. The van der Waals surface area contributed by atoms with E-state index < -0.39 is 0 Å². The minimum Gasteiger partial charge on any atom is -0.324 e. The van der Waals surface area contributed by atoms with Crippen LogP contribution < -0.4 is 5.73 Å². The van der Waals surface area contributed by atoms with Crippen molar-refractivity contribution < 1.29 is 0 Å². The van der Waals surface area contributed by atoms with Crippen LogP contribution in [0.4, 0.5) is 0 Å². The molecular weight excluding hydrogens is 320 g/mol. The summed E-state index contributed by atoms with van der Waals surface area (Å²) in [4.78, 5) is 0. The standard InChI is InChI=1S/C12H15ClIN/c13-10-7-9(5-6-11(10)14)12(15)8-3-1-2-4-8/h5-8,12H,1-4,15H2. The second-order valence-electron chi connectivity index (χ2n) is 4.24. The van der Waals surface area contributed by atoms with E-state index in [-0.39, 0.29) is 6.04 Å². The number of hydrogen-bond donors (Lipinski definition) is 1. The summed E-state index contributed by atoms with van der Waals surface area (Å²) in [5.74, 6) is 0.654. The van der Waals surface area contributed by atoms with Crippen LogP contribution in [0.3, 0.4) is 0 Å². The van der Waals surface area contributed by atoms with E-state index in [1.165, 1.54) is 31.2 Å². The molecule has 1 aromatic carbocycles. The monoisotopic (exact) mass is 335 g/mol. The Bertz CT molecular complexity index is 347. The Labute approximate surface area is 110 Å². The van der Waals surface area contributed by atoms with Crippen molar-refractivity contribution in [3.63, 3.8) is 0 Å². The van der Waals surface area contributed by atoms with Gasteiger partial charge >= 0.3 is 0 Å². The van der Waals surface area contributed by atoms with E-state index in [9.17, 15) is 0 Å². The minimum absolute atomic E-state index is 0.169. The highest BCUT2D eigenvalue weighted by Crippen LogP contribution is 2.35. The minimum atomic E-state index is 0.169. The molecule has 0 heterocycles. The van der Waals surface area contributed by atoms with Gasteiger partial charge in [-0.1, -0.05) is 30.5 Å². The van der Waals surface area contributed by atoms with Gasteiger partial charge in [-0.05, 0) is 59.0 Å². The van der Waals surface area contributed by atoms with E-state index >= 15 is 0 Å². The lowest BCUT2D eigenvalue weighted by Gasteiger charge is -2.19. The van der Waals surface area contributed by atoms with Gasteiger partial charge in [0, 0.05) is 9.61 Å². The van der Waals surface area contributed by atoms with Crippen molar-refractivity contribution in [2.75, 3.05) is 0 Å². The molecule has 1 aliphatic carbocycles. The highest BCUT2D eigenvalue weighted by atomic mass is 127. The predicted molar refractivity (Wildman–Crippen MR) is 73.1 cm³/mol. The van der Waals surface area contributed by atoms with E-state index in [1.54, 1.807) is 0 Å². The average Bonchev–Trinajstić information content (AvgIpc) is 2.74.